The largest absolute Gasteiger partial charge is 0.383 e. The molecule has 2 rings (SSSR count). The van der Waals surface area contributed by atoms with Crippen LogP contribution in [0.2, 0.25) is 0 Å². The van der Waals surface area contributed by atoms with Gasteiger partial charge in [0.2, 0.25) is 5.95 Å². The smallest absolute Gasteiger partial charge is 0.272 e. The fourth-order valence-electron chi connectivity index (χ4n) is 2.19. The monoisotopic (exact) mass is 266 g/mol. The molecule has 0 radical (unpaired) electrons. The fraction of sp³-hybridized carbons (Fsp3) is 0.571. The summed E-state index contributed by atoms with van der Waals surface area (Å²) in [6.07, 6.45) is 2.29. The highest BCUT2D eigenvalue weighted by atomic mass is 19.1. The minimum Gasteiger partial charge on any atom is -0.383 e. The highest BCUT2D eigenvalue weighted by molar-refractivity contribution is 5.92. The number of carbonyl (C=O) groups excluding carboxylic acids is 1. The third kappa shape index (κ3) is 3.50. The van der Waals surface area contributed by atoms with Crippen molar-refractivity contribution in [3.8, 4) is 0 Å². The van der Waals surface area contributed by atoms with Gasteiger partial charge in [0, 0.05) is 19.7 Å². The van der Waals surface area contributed by atoms with Crippen molar-refractivity contribution in [1.82, 2.24) is 9.88 Å². The van der Waals surface area contributed by atoms with E-state index in [4.69, 9.17) is 4.74 Å². The summed E-state index contributed by atoms with van der Waals surface area (Å²) in [4.78, 5) is 17.8. The second kappa shape index (κ2) is 6.10. The molecule has 1 heterocycles. The van der Waals surface area contributed by atoms with E-state index in [2.05, 4.69) is 4.98 Å². The molecule has 0 bridgehead atoms. The van der Waals surface area contributed by atoms with E-state index in [1.807, 2.05) is 6.92 Å². The minimum absolute atomic E-state index is 0.146. The van der Waals surface area contributed by atoms with Gasteiger partial charge in [-0.2, -0.15) is 4.39 Å². The molecule has 104 valence electrons. The number of rotatable bonds is 6. The Morgan fingerprint density at radius 3 is 2.89 bits per heavy atom. The first-order valence-electron chi connectivity index (χ1n) is 6.56. The quantitative estimate of drug-likeness (QED) is 0.741. The zero-order chi connectivity index (χ0) is 13.8. The van der Waals surface area contributed by atoms with Crippen LogP contribution < -0.4 is 0 Å². The summed E-state index contributed by atoms with van der Waals surface area (Å²) >= 11 is 0. The zero-order valence-corrected chi connectivity index (χ0v) is 11.3. The summed E-state index contributed by atoms with van der Waals surface area (Å²) < 4.78 is 18.2. The number of pyridine rings is 1. The molecule has 19 heavy (non-hydrogen) atoms. The van der Waals surface area contributed by atoms with Crippen molar-refractivity contribution in [2.45, 2.75) is 25.8 Å². The molecular formula is C14H19FN2O2. The number of aromatic nitrogens is 1. The molecule has 1 aromatic rings. The molecule has 0 N–H and O–H groups in total. The topological polar surface area (TPSA) is 42.4 Å². The Bertz CT molecular complexity index is 449. The van der Waals surface area contributed by atoms with Gasteiger partial charge in [-0.3, -0.25) is 4.79 Å². The summed E-state index contributed by atoms with van der Waals surface area (Å²) in [7, 11) is 1.60. The highest BCUT2D eigenvalue weighted by Gasteiger charge is 2.34. The summed E-state index contributed by atoms with van der Waals surface area (Å²) in [5, 5.41) is 0. The molecule has 1 saturated carbocycles. The molecule has 0 saturated heterocycles. The van der Waals surface area contributed by atoms with Gasteiger partial charge < -0.3 is 9.64 Å². The molecule has 1 aliphatic rings. The SMILES string of the molecule is COCCN(C(=O)c1cccc(F)n1)C(C)C1CC1. The van der Waals surface area contributed by atoms with E-state index >= 15 is 0 Å². The van der Waals surface area contributed by atoms with Gasteiger partial charge in [-0.1, -0.05) is 6.07 Å². The molecule has 0 spiro atoms. The maximum atomic E-state index is 13.1. The Hall–Kier alpha value is -1.49. The van der Waals surface area contributed by atoms with Crippen molar-refractivity contribution >= 4 is 5.91 Å². The summed E-state index contributed by atoms with van der Waals surface area (Å²) in [5.41, 5.74) is 0.156. The molecule has 1 unspecified atom stereocenters. The van der Waals surface area contributed by atoms with E-state index in [9.17, 15) is 9.18 Å². The molecule has 0 aliphatic heterocycles. The normalized spacial score (nSPS) is 16.2. The maximum absolute atomic E-state index is 13.1. The molecule has 0 aromatic carbocycles. The number of nitrogens with zero attached hydrogens (tertiary/aromatic N) is 2. The van der Waals surface area contributed by atoms with Crippen LogP contribution in [0.4, 0.5) is 4.39 Å². The van der Waals surface area contributed by atoms with Gasteiger partial charge in [-0.25, -0.2) is 4.98 Å². The highest BCUT2D eigenvalue weighted by Crippen LogP contribution is 2.35. The van der Waals surface area contributed by atoms with Crippen LogP contribution in [0.1, 0.15) is 30.3 Å². The van der Waals surface area contributed by atoms with Crippen LogP contribution >= 0.6 is 0 Å². The van der Waals surface area contributed by atoms with Gasteiger partial charge in [0.25, 0.3) is 5.91 Å². The van der Waals surface area contributed by atoms with Crippen molar-refractivity contribution in [1.29, 1.82) is 0 Å². The molecule has 4 nitrogen and oxygen atoms in total. The number of methoxy groups -OCH3 is 1. The molecular weight excluding hydrogens is 247 g/mol. The Morgan fingerprint density at radius 2 is 2.32 bits per heavy atom. The first kappa shape index (κ1) is 13.9. The Balaban J connectivity index is 2.14. The number of halogens is 1. The number of ether oxygens (including phenoxy) is 1. The Labute approximate surface area is 112 Å². The van der Waals surface area contributed by atoms with Crippen LogP contribution in [0.3, 0.4) is 0 Å². The molecule has 1 atom stereocenters. The molecule has 5 heteroatoms. The summed E-state index contributed by atoms with van der Waals surface area (Å²) in [6.45, 7) is 3.01. The van der Waals surface area contributed by atoms with Gasteiger partial charge in [-0.15, -0.1) is 0 Å². The van der Waals surface area contributed by atoms with Gasteiger partial charge in [-0.05, 0) is 37.8 Å². The van der Waals surface area contributed by atoms with Crippen LogP contribution in [0.15, 0.2) is 18.2 Å². The predicted octanol–water partition coefficient (Wildman–Crippen LogP) is 2.11. The second-order valence-corrected chi connectivity index (χ2v) is 4.91. The van der Waals surface area contributed by atoms with E-state index in [-0.39, 0.29) is 17.6 Å². The second-order valence-electron chi connectivity index (χ2n) is 4.91. The number of amides is 1. The van der Waals surface area contributed by atoms with Gasteiger partial charge in [0.1, 0.15) is 5.69 Å². The van der Waals surface area contributed by atoms with Gasteiger partial charge >= 0.3 is 0 Å². The van der Waals surface area contributed by atoms with Crippen LogP contribution in [0, 0.1) is 11.9 Å². The number of hydrogen-bond acceptors (Lipinski definition) is 3. The van der Waals surface area contributed by atoms with E-state index < -0.39 is 5.95 Å². The first-order chi connectivity index (χ1) is 9.13. The standard InChI is InChI=1S/C14H19FN2O2/c1-10(11-6-7-11)17(8-9-19-2)14(18)12-4-3-5-13(15)16-12/h3-5,10-11H,6-9H2,1-2H3. The Morgan fingerprint density at radius 1 is 1.58 bits per heavy atom. The maximum Gasteiger partial charge on any atom is 0.272 e. The lowest BCUT2D eigenvalue weighted by Gasteiger charge is -2.29. The van der Waals surface area contributed by atoms with Crippen molar-refractivity contribution in [2.24, 2.45) is 5.92 Å². The average Bonchev–Trinajstić information content (AvgIpc) is 3.23. The third-order valence-electron chi connectivity index (χ3n) is 3.53. The van der Waals surface area contributed by atoms with Crippen LogP contribution in [-0.4, -0.2) is 42.1 Å². The van der Waals surface area contributed by atoms with Gasteiger partial charge in [0.15, 0.2) is 0 Å². The lowest BCUT2D eigenvalue weighted by atomic mass is 10.1. The van der Waals surface area contributed by atoms with E-state index in [0.29, 0.717) is 19.1 Å². The number of hydrogen-bond donors (Lipinski definition) is 0. The first-order valence-corrected chi connectivity index (χ1v) is 6.56. The predicted molar refractivity (Wildman–Crippen MR) is 69.3 cm³/mol. The fourth-order valence-corrected chi connectivity index (χ4v) is 2.19. The van der Waals surface area contributed by atoms with Crippen molar-refractivity contribution < 1.29 is 13.9 Å². The lowest BCUT2D eigenvalue weighted by molar-refractivity contribution is 0.0587. The van der Waals surface area contributed by atoms with Crippen molar-refractivity contribution in [2.75, 3.05) is 20.3 Å². The average molecular weight is 266 g/mol. The Kier molecular flexibility index (Phi) is 4.47. The van der Waals surface area contributed by atoms with Crippen LogP contribution in [-0.2, 0) is 4.74 Å². The van der Waals surface area contributed by atoms with Crippen molar-refractivity contribution in [3.05, 3.63) is 29.8 Å². The van der Waals surface area contributed by atoms with Gasteiger partial charge in [0.05, 0.1) is 6.61 Å². The third-order valence-corrected chi connectivity index (χ3v) is 3.53. The molecule has 1 aliphatic carbocycles. The van der Waals surface area contributed by atoms with E-state index in [1.54, 1.807) is 18.1 Å². The minimum atomic E-state index is -0.628. The molecule has 1 fully saturated rings. The molecule has 1 aromatic heterocycles. The summed E-state index contributed by atoms with van der Waals surface area (Å²) in [6, 6.07) is 4.44. The van der Waals surface area contributed by atoms with Crippen LogP contribution in [0.25, 0.3) is 0 Å². The van der Waals surface area contributed by atoms with E-state index in [0.717, 1.165) is 12.8 Å². The van der Waals surface area contributed by atoms with Crippen LogP contribution in [0.5, 0.6) is 0 Å². The van der Waals surface area contributed by atoms with E-state index in [1.165, 1.54) is 12.1 Å². The zero-order valence-electron chi connectivity index (χ0n) is 11.3. The summed E-state index contributed by atoms with van der Waals surface area (Å²) in [5.74, 6) is -0.304. The lowest BCUT2D eigenvalue weighted by Crippen LogP contribution is -2.42. The number of carbonyl (C=O) groups is 1. The molecule has 1 amide bonds. The van der Waals surface area contributed by atoms with Crippen molar-refractivity contribution in [3.63, 3.8) is 0 Å².